The molecule has 6 rings (SSSR count). The summed E-state index contributed by atoms with van der Waals surface area (Å²) in [5.74, 6) is -1.18. The zero-order chi connectivity index (χ0) is 27.3. The van der Waals surface area contributed by atoms with Crippen LogP contribution in [0.15, 0.2) is 52.7 Å². The Morgan fingerprint density at radius 2 is 1.79 bits per heavy atom. The van der Waals surface area contributed by atoms with Gasteiger partial charge in [-0.1, -0.05) is 35.0 Å². The second-order valence-corrected chi connectivity index (χ2v) is 10.6. The van der Waals surface area contributed by atoms with Gasteiger partial charge in [-0.2, -0.15) is 5.10 Å². The Balaban J connectivity index is 1.12. The van der Waals surface area contributed by atoms with Crippen molar-refractivity contribution in [2.24, 2.45) is 39.8 Å². The van der Waals surface area contributed by atoms with Gasteiger partial charge in [0.25, 0.3) is 5.91 Å². The van der Waals surface area contributed by atoms with Gasteiger partial charge in [0.1, 0.15) is 6.10 Å². The lowest BCUT2D eigenvalue weighted by molar-refractivity contribution is -0.141. The van der Waals surface area contributed by atoms with Gasteiger partial charge in [0.15, 0.2) is 17.2 Å². The number of hydrogen-bond acceptors (Lipinski definition) is 8. The Kier molecular flexibility index (Phi) is 6.50. The largest absolute Gasteiger partial charge is 0.493 e. The number of hydrazone groups is 1. The molecular weight excluding hydrogens is 524 g/mol. The van der Waals surface area contributed by atoms with E-state index in [1.165, 1.54) is 11.1 Å². The van der Waals surface area contributed by atoms with Crippen LogP contribution >= 0.6 is 11.6 Å². The molecule has 2 aliphatic heterocycles. The Hall–Kier alpha value is -3.92. The predicted molar refractivity (Wildman–Crippen MR) is 142 cm³/mol. The first kappa shape index (κ1) is 25.4. The number of imide groups is 1. The summed E-state index contributed by atoms with van der Waals surface area (Å²) in [5, 5.41) is 8.69. The summed E-state index contributed by atoms with van der Waals surface area (Å²) in [5.41, 5.74) is 4.44. The van der Waals surface area contributed by atoms with E-state index in [1.807, 2.05) is 12.1 Å². The molecule has 0 unspecified atom stereocenters. The van der Waals surface area contributed by atoms with E-state index in [0.29, 0.717) is 29.4 Å². The first-order valence-corrected chi connectivity index (χ1v) is 13.2. The molecule has 0 radical (unpaired) electrons. The van der Waals surface area contributed by atoms with E-state index >= 15 is 0 Å². The lowest BCUT2D eigenvalue weighted by Gasteiger charge is -2.29. The highest BCUT2D eigenvalue weighted by molar-refractivity contribution is 6.40. The van der Waals surface area contributed by atoms with Gasteiger partial charge in [0, 0.05) is 17.5 Å². The number of likely N-dealkylation sites (tertiary alicyclic amines) is 1. The number of halogens is 1. The summed E-state index contributed by atoms with van der Waals surface area (Å²) >= 11 is 5.90. The summed E-state index contributed by atoms with van der Waals surface area (Å²) in [6, 6.07) is 12.6. The Morgan fingerprint density at radius 3 is 2.51 bits per heavy atom. The highest BCUT2D eigenvalue weighted by Crippen LogP contribution is 2.61. The molecule has 2 bridgehead atoms. The van der Waals surface area contributed by atoms with Gasteiger partial charge in [-0.15, -0.1) is 0 Å². The van der Waals surface area contributed by atoms with Gasteiger partial charge >= 0.3 is 0 Å². The summed E-state index contributed by atoms with van der Waals surface area (Å²) in [6.07, 6.45) is 2.27. The summed E-state index contributed by atoms with van der Waals surface area (Å²) in [7, 11) is 3.13. The van der Waals surface area contributed by atoms with Crippen molar-refractivity contribution in [1.82, 2.24) is 10.3 Å². The number of carbonyl (C=O) groups is 3. The maximum absolute atomic E-state index is 13.5. The number of ether oxygens (including phenoxy) is 2. The number of benzene rings is 2. The fourth-order valence-corrected chi connectivity index (χ4v) is 6.77. The van der Waals surface area contributed by atoms with Crippen molar-refractivity contribution in [2.45, 2.75) is 18.9 Å². The summed E-state index contributed by atoms with van der Waals surface area (Å²) in [4.78, 5) is 46.9. The van der Waals surface area contributed by atoms with E-state index in [0.717, 1.165) is 11.1 Å². The van der Waals surface area contributed by atoms with Crippen molar-refractivity contribution in [3.63, 3.8) is 0 Å². The van der Waals surface area contributed by atoms with Crippen LogP contribution < -0.4 is 14.9 Å². The molecule has 0 aromatic heterocycles. The van der Waals surface area contributed by atoms with Crippen LogP contribution in [0.5, 0.6) is 11.5 Å². The molecule has 3 amide bonds. The molecule has 11 heteroatoms. The molecule has 2 aromatic carbocycles. The minimum Gasteiger partial charge on any atom is -0.493 e. The number of amides is 3. The molecule has 4 aliphatic rings. The minimum absolute atomic E-state index is 0.154. The van der Waals surface area contributed by atoms with Gasteiger partial charge in [0.05, 0.1) is 38.2 Å². The van der Waals surface area contributed by atoms with E-state index in [-0.39, 0.29) is 47.9 Å². The van der Waals surface area contributed by atoms with E-state index in [4.69, 9.17) is 25.9 Å². The molecule has 1 saturated heterocycles. The Labute approximate surface area is 229 Å². The molecule has 202 valence electrons. The van der Waals surface area contributed by atoms with E-state index in [1.54, 1.807) is 44.6 Å². The first-order valence-electron chi connectivity index (χ1n) is 12.8. The molecule has 2 heterocycles. The van der Waals surface area contributed by atoms with Crippen molar-refractivity contribution in [3.8, 4) is 11.5 Å². The van der Waals surface area contributed by atoms with Crippen LogP contribution in [-0.2, 0) is 25.6 Å². The average Bonchev–Trinajstić information content (AvgIpc) is 3.69. The monoisotopic (exact) mass is 550 g/mol. The molecule has 10 nitrogen and oxygen atoms in total. The molecule has 3 fully saturated rings. The van der Waals surface area contributed by atoms with Gasteiger partial charge in [-0.3, -0.25) is 19.3 Å². The minimum atomic E-state index is -0.473. The van der Waals surface area contributed by atoms with Crippen molar-refractivity contribution in [1.29, 1.82) is 0 Å². The second-order valence-electron chi connectivity index (χ2n) is 10.2. The van der Waals surface area contributed by atoms with Crippen LogP contribution in [0.1, 0.15) is 17.5 Å². The van der Waals surface area contributed by atoms with Crippen molar-refractivity contribution in [2.75, 3.05) is 20.8 Å². The van der Waals surface area contributed by atoms with Crippen LogP contribution in [0, 0.1) is 29.6 Å². The lowest BCUT2D eigenvalue weighted by Crippen LogP contribution is -2.44. The van der Waals surface area contributed by atoms with E-state index < -0.39 is 17.7 Å². The van der Waals surface area contributed by atoms with Gasteiger partial charge < -0.3 is 14.3 Å². The second kappa shape index (κ2) is 10.00. The number of fused-ring (bicyclic) bond motifs is 8. The molecule has 0 spiro atoms. The standard InChI is InChI=1S/C28H27ClN4O6/c1-37-19-8-5-14(11-20(19)38-2)9-10-33-27(35)21-17-12-18(22(21)28(33)36)25-23(17)24(32-39-25)26(34)31-30-13-15-3-6-16(29)7-4-15/h3-8,11,13,17-18,21-23,25H,9-10,12H2,1-2H3,(H,31,34)/b30-13+/t17-,18-,21+,22-,23-,25-/m1/s1. The maximum atomic E-state index is 13.5. The van der Waals surface area contributed by atoms with Crippen LogP contribution in [-0.4, -0.2) is 61.4 Å². The lowest BCUT2D eigenvalue weighted by atomic mass is 9.72. The molecule has 2 aliphatic carbocycles. The van der Waals surface area contributed by atoms with Crippen molar-refractivity contribution < 1.29 is 28.7 Å². The fourth-order valence-electron chi connectivity index (χ4n) is 6.64. The highest BCUT2D eigenvalue weighted by Gasteiger charge is 2.70. The third-order valence-electron chi connectivity index (χ3n) is 8.34. The number of rotatable bonds is 8. The average molecular weight is 551 g/mol. The normalized spacial score (nSPS) is 28.4. The van der Waals surface area contributed by atoms with Crippen molar-refractivity contribution in [3.05, 3.63) is 58.6 Å². The highest BCUT2D eigenvalue weighted by atomic mass is 35.5. The summed E-state index contributed by atoms with van der Waals surface area (Å²) < 4.78 is 10.7. The molecule has 2 aromatic rings. The van der Waals surface area contributed by atoms with Crippen molar-refractivity contribution >= 4 is 41.2 Å². The third kappa shape index (κ3) is 4.23. The third-order valence-corrected chi connectivity index (χ3v) is 8.59. The maximum Gasteiger partial charge on any atom is 0.289 e. The molecular formula is C28H27ClN4O6. The first-order chi connectivity index (χ1) is 18.9. The molecule has 6 atom stereocenters. The van der Waals surface area contributed by atoms with E-state index in [9.17, 15) is 14.4 Å². The van der Waals surface area contributed by atoms with E-state index in [2.05, 4.69) is 15.7 Å². The topological polar surface area (TPSA) is 119 Å². The fraction of sp³-hybridized carbons (Fsp3) is 0.393. The molecule has 39 heavy (non-hydrogen) atoms. The molecule has 2 saturated carbocycles. The van der Waals surface area contributed by atoms with Crippen LogP contribution in [0.3, 0.4) is 0 Å². The number of hydrogen-bond donors (Lipinski definition) is 1. The SMILES string of the molecule is COc1ccc(CCN2C(=O)[C@@H]3[C@H]4C[C@@H]([C@@H]5C(C(=O)N/N=C/c6ccc(Cl)cc6)=NO[C@H]45)[C@@H]3C2=O)cc1OC. The summed E-state index contributed by atoms with van der Waals surface area (Å²) in [6.45, 7) is 0.274. The Bertz CT molecular complexity index is 1390. The van der Waals surface area contributed by atoms with Crippen LogP contribution in [0.25, 0.3) is 0 Å². The van der Waals surface area contributed by atoms with Gasteiger partial charge in [-0.25, -0.2) is 5.43 Å². The molecule has 1 N–H and O–H groups in total. The number of carbonyl (C=O) groups excluding carboxylic acids is 3. The quantitative estimate of drug-likeness (QED) is 0.307. The number of nitrogens with zero attached hydrogens (tertiary/aromatic N) is 3. The predicted octanol–water partition coefficient (Wildman–Crippen LogP) is 2.67. The zero-order valence-electron chi connectivity index (χ0n) is 21.4. The number of methoxy groups -OCH3 is 2. The number of nitrogens with one attached hydrogen (secondary N) is 1. The smallest absolute Gasteiger partial charge is 0.289 e. The van der Waals surface area contributed by atoms with Gasteiger partial charge in [-0.05, 0) is 54.2 Å². The van der Waals surface area contributed by atoms with Crippen LogP contribution in [0.4, 0.5) is 0 Å². The van der Waals surface area contributed by atoms with Crippen LogP contribution in [0.2, 0.25) is 5.02 Å². The Morgan fingerprint density at radius 1 is 1.08 bits per heavy atom. The zero-order valence-corrected chi connectivity index (χ0v) is 22.1. The van der Waals surface area contributed by atoms with Gasteiger partial charge in [0.2, 0.25) is 11.8 Å². The number of oxime groups is 1.